The van der Waals surface area contributed by atoms with E-state index in [0.29, 0.717) is 11.6 Å². The normalized spacial score (nSPS) is 12.1. The summed E-state index contributed by atoms with van der Waals surface area (Å²) in [6.07, 6.45) is 0. The Bertz CT molecular complexity index is 444. The molecule has 4 heteroatoms. The van der Waals surface area contributed by atoms with E-state index in [0.717, 1.165) is 5.56 Å². The lowest BCUT2D eigenvalue weighted by atomic mass is 10.1. The summed E-state index contributed by atoms with van der Waals surface area (Å²) in [5, 5.41) is 7.63. The SMILES string of the molecule is COc1ccc(C(Cl)c2ccccc2)nn1. The fourth-order valence-corrected chi connectivity index (χ4v) is 1.63. The van der Waals surface area contributed by atoms with Gasteiger partial charge in [-0.05, 0) is 11.6 Å². The number of nitrogens with zero attached hydrogens (tertiary/aromatic N) is 2. The highest BCUT2D eigenvalue weighted by Gasteiger charge is 2.12. The van der Waals surface area contributed by atoms with Gasteiger partial charge in [-0.15, -0.1) is 21.8 Å². The van der Waals surface area contributed by atoms with Crippen molar-refractivity contribution in [2.75, 3.05) is 7.11 Å². The number of methoxy groups -OCH3 is 1. The Morgan fingerprint density at radius 2 is 1.81 bits per heavy atom. The minimum absolute atomic E-state index is 0.278. The fraction of sp³-hybridized carbons (Fsp3) is 0.167. The van der Waals surface area contributed by atoms with E-state index in [2.05, 4.69) is 10.2 Å². The maximum absolute atomic E-state index is 6.28. The predicted molar refractivity (Wildman–Crippen MR) is 62.7 cm³/mol. The van der Waals surface area contributed by atoms with Crippen molar-refractivity contribution in [1.82, 2.24) is 10.2 Å². The number of ether oxygens (including phenoxy) is 1. The molecule has 1 aromatic carbocycles. The van der Waals surface area contributed by atoms with E-state index in [9.17, 15) is 0 Å². The molecular weight excluding hydrogens is 224 g/mol. The molecule has 0 saturated carbocycles. The van der Waals surface area contributed by atoms with Crippen molar-refractivity contribution in [3.8, 4) is 5.88 Å². The fourth-order valence-electron chi connectivity index (χ4n) is 1.37. The lowest BCUT2D eigenvalue weighted by molar-refractivity contribution is 0.391. The van der Waals surface area contributed by atoms with Gasteiger partial charge in [0.05, 0.1) is 12.8 Å². The zero-order valence-electron chi connectivity index (χ0n) is 8.80. The highest BCUT2D eigenvalue weighted by molar-refractivity contribution is 6.22. The van der Waals surface area contributed by atoms with Crippen LogP contribution in [-0.4, -0.2) is 17.3 Å². The van der Waals surface area contributed by atoms with Crippen molar-refractivity contribution in [2.45, 2.75) is 5.38 Å². The number of halogens is 1. The first kappa shape index (κ1) is 10.9. The number of benzene rings is 1. The van der Waals surface area contributed by atoms with E-state index in [1.807, 2.05) is 36.4 Å². The molecule has 0 fully saturated rings. The Morgan fingerprint density at radius 1 is 1.06 bits per heavy atom. The summed E-state index contributed by atoms with van der Waals surface area (Å²) >= 11 is 6.28. The average molecular weight is 235 g/mol. The molecule has 0 aliphatic carbocycles. The van der Waals surface area contributed by atoms with Gasteiger partial charge in [-0.25, -0.2) is 0 Å². The molecule has 2 rings (SSSR count). The summed E-state index contributed by atoms with van der Waals surface area (Å²) in [7, 11) is 1.55. The molecule has 3 nitrogen and oxygen atoms in total. The number of hydrogen-bond donors (Lipinski definition) is 0. The minimum atomic E-state index is -0.278. The smallest absolute Gasteiger partial charge is 0.233 e. The second-order valence-corrected chi connectivity index (χ2v) is 3.71. The molecular formula is C12H11ClN2O. The standard InChI is InChI=1S/C12H11ClN2O/c1-16-11-8-7-10(14-15-11)12(13)9-5-3-2-4-6-9/h2-8,12H,1H3. The van der Waals surface area contributed by atoms with Gasteiger partial charge in [-0.2, -0.15) is 0 Å². The molecule has 0 amide bonds. The van der Waals surface area contributed by atoms with Crippen molar-refractivity contribution < 1.29 is 4.74 Å². The highest BCUT2D eigenvalue weighted by Crippen LogP contribution is 2.26. The quantitative estimate of drug-likeness (QED) is 0.766. The van der Waals surface area contributed by atoms with Crippen molar-refractivity contribution in [2.24, 2.45) is 0 Å². The van der Waals surface area contributed by atoms with Crippen molar-refractivity contribution in [3.05, 3.63) is 53.7 Å². The van der Waals surface area contributed by atoms with E-state index in [-0.39, 0.29) is 5.38 Å². The van der Waals surface area contributed by atoms with Gasteiger partial charge in [0.15, 0.2) is 0 Å². The van der Waals surface area contributed by atoms with Crippen LogP contribution in [-0.2, 0) is 0 Å². The molecule has 1 atom stereocenters. The largest absolute Gasteiger partial charge is 0.480 e. The minimum Gasteiger partial charge on any atom is -0.480 e. The molecule has 0 spiro atoms. The molecule has 2 aromatic rings. The van der Waals surface area contributed by atoms with Crippen molar-refractivity contribution >= 4 is 11.6 Å². The molecule has 1 unspecified atom stereocenters. The second kappa shape index (κ2) is 4.94. The summed E-state index contributed by atoms with van der Waals surface area (Å²) < 4.78 is 4.94. The van der Waals surface area contributed by atoms with Crippen LogP contribution < -0.4 is 4.74 Å². The maximum Gasteiger partial charge on any atom is 0.233 e. The van der Waals surface area contributed by atoms with Crippen LogP contribution in [0.2, 0.25) is 0 Å². The molecule has 0 N–H and O–H groups in total. The van der Waals surface area contributed by atoms with Crippen LogP contribution in [0, 0.1) is 0 Å². The third-order valence-corrected chi connectivity index (χ3v) is 2.70. The van der Waals surface area contributed by atoms with Crippen LogP contribution in [0.4, 0.5) is 0 Å². The van der Waals surface area contributed by atoms with E-state index in [1.165, 1.54) is 0 Å². The molecule has 16 heavy (non-hydrogen) atoms. The lowest BCUT2D eigenvalue weighted by Crippen LogP contribution is -1.99. The summed E-state index contributed by atoms with van der Waals surface area (Å²) in [6, 6.07) is 13.3. The zero-order valence-corrected chi connectivity index (χ0v) is 9.56. The van der Waals surface area contributed by atoms with Crippen molar-refractivity contribution in [1.29, 1.82) is 0 Å². The Kier molecular flexibility index (Phi) is 3.37. The zero-order chi connectivity index (χ0) is 11.4. The predicted octanol–water partition coefficient (Wildman–Crippen LogP) is 2.81. The second-order valence-electron chi connectivity index (χ2n) is 3.27. The average Bonchev–Trinajstić information content (AvgIpc) is 2.39. The molecule has 0 saturated heterocycles. The van der Waals surface area contributed by atoms with Gasteiger partial charge < -0.3 is 4.74 Å². The Morgan fingerprint density at radius 3 is 2.38 bits per heavy atom. The first-order valence-electron chi connectivity index (χ1n) is 4.88. The maximum atomic E-state index is 6.28. The monoisotopic (exact) mass is 234 g/mol. The van der Waals surface area contributed by atoms with Crippen LogP contribution in [0.5, 0.6) is 5.88 Å². The van der Waals surface area contributed by atoms with Crippen LogP contribution in [0.15, 0.2) is 42.5 Å². The number of rotatable bonds is 3. The van der Waals surface area contributed by atoms with Crippen LogP contribution in [0.3, 0.4) is 0 Å². The highest BCUT2D eigenvalue weighted by atomic mass is 35.5. The lowest BCUT2D eigenvalue weighted by Gasteiger charge is -2.08. The van der Waals surface area contributed by atoms with E-state index >= 15 is 0 Å². The van der Waals surface area contributed by atoms with Gasteiger partial charge >= 0.3 is 0 Å². The van der Waals surface area contributed by atoms with Crippen LogP contribution in [0.25, 0.3) is 0 Å². The number of alkyl halides is 1. The molecule has 0 aliphatic heterocycles. The van der Waals surface area contributed by atoms with Gasteiger partial charge in [-0.3, -0.25) is 0 Å². The van der Waals surface area contributed by atoms with E-state index in [1.54, 1.807) is 13.2 Å². The van der Waals surface area contributed by atoms with Crippen molar-refractivity contribution in [3.63, 3.8) is 0 Å². The molecule has 1 aromatic heterocycles. The molecule has 0 bridgehead atoms. The summed E-state index contributed by atoms with van der Waals surface area (Å²) in [4.78, 5) is 0. The van der Waals surface area contributed by atoms with Gasteiger partial charge in [-0.1, -0.05) is 30.3 Å². The summed E-state index contributed by atoms with van der Waals surface area (Å²) in [5.74, 6) is 0.487. The molecule has 82 valence electrons. The van der Waals surface area contributed by atoms with E-state index in [4.69, 9.17) is 16.3 Å². The Hall–Kier alpha value is -1.61. The molecule has 1 heterocycles. The first-order chi connectivity index (χ1) is 7.81. The summed E-state index contributed by atoms with van der Waals surface area (Å²) in [5.41, 5.74) is 1.72. The third-order valence-electron chi connectivity index (χ3n) is 2.22. The Labute approximate surface area is 99.0 Å². The number of aromatic nitrogens is 2. The first-order valence-corrected chi connectivity index (χ1v) is 5.31. The van der Waals surface area contributed by atoms with Gasteiger partial charge in [0, 0.05) is 6.07 Å². The van der Waals surface area contributed by atoms with Crippen LogP contribution in [0.1, 0.15) is 16.6 Å². The Balaban J connectivity index is 2.24. The van der Waals surface area contributed by atoms with Gasteiger partial charge in [0.1, 0.15) is 5.38 Å². The molecule has 0 aliphatic rings. The number of hydrogen-bond acceptors (Lipinski definition) is 3. The summed E-state index contributed by atoms with van der Waals surface area (Å²) in [6.45, 7) is 0. The van der Waals surface area contributed by atoms with E-state index < -0.39 is 0 Å². The van der Waals surface area contributed by atoms with Gasteiger partial charge in [0.25, 0.3) is 0 Å². The molecule has 0 radical (unpaired) electrons. The third kappa shape index (κ3) is 2.31. The van der Waals surface area contributed by atoms with Crippen LogP contribution >= 0.6 is 11.6 Å². The van der Waals surface area contributed by atoms with Gasteiger partial charge in [0.2, 0.25) is 5.88 Å². The topological polar surface area (TPSA) is 35.0 Å².